The molecule has 1 saturated carbocycles. The van der Waals surface area contributed by atoms with Gasteiger partial charge in [0.1, 0.15) is 10.7 Å². The summed E-state index contributed by atoms with van der Waals surface area (Å²) in [7, 11) is -1.93. The molecule has 2 aromatic heterocycles. The Morgan fingerprint density at radius 2 is 1.93 bits per heavy atom. The number of carbonyl (C=O) groups excluding carboxylic acids is 1. The number of nitrogens with one attached hydrogen (secondary N) is 1. The van der Waals surface area contributed by atoms with Gasteiger partial charge in [0, 0.05) is 25.5 Å². The standard InChI is InChI=1S/C19H23ClN4O3S2/c1-24(15-5-3-2-4-6-15)29(26,27)16-8-10-19(22-12-16)28-13-18(25)23-17-9-7-14(20)11-21-17/h7-12,15H,2-6,13H2,1H3,(H,21,23,25). The molecule has 0 atom stereocenters. The third-order valence-corrected chi connectivity index (χ3v) is 7.88. The van der Waals surface area contributed by atoms with Crippen molar-refractivity contribution in [2.75, 3.05) is 18.1 Å². The van der Waals surface area contributed by atoms with Gasteiger partial charge in [-0.3, -0.25) is 4.79 Å². The summed E-state index contributed by atoms with van der Waals surface area (Å²) < 4.78 is 27.1. The number of aromatic nitrogens is 2. The van der Waals surface area contributed by atoms with Crippen LogP contribution >= 0.6 is 23.4 Å². The van der Waals surface area contributed by atoms with E-state index in [2.05, 4.69) is 15.3 Å². The number of halogens is 1. The van der Waals surface area contributed by atoms with E-state index < -0.39 is 10.0 Å². The van der Waals surface area contributed by atoms with Gasteiger partial charge in [0.05, 0.1) is 15.8 Å². The maximum Gasteiger partial charge on any atom is 0.244 e. The average Bonchev–Trinajstić information content (AvgIpc) is 2.74. The highest BCUT2D eigenvalue weighted by atomic mass is 35.5. The molecule has 0 aliphatic heterocycles. The van der Waals surface area contributed by atoms with Gasteiger partial charge < -0.3 is 5.32 Å². The Kier molecular flexibility index (Phi) is 7.50. The zero-order chi connectivity index (χ0) is 20.9. The lowest BCUT2D eigenvalue weighted by atomic mass is 9.96. The first-order valence-corrected chi connectivity index (χ1v) is 12.1. The van der Waals surface area contributed by atoms with E-state index in [0.717, 1.165) is 25.7 Å². The zero-order valence-electron chi connectivity index (χ0n) is 16.0. The van der Waals surface area contributed by atoms with Gasteiger partial charge in [0.2, 0.25) is 15.9 Å². The Balaban J connectivity index is 1.56. The second-order valence-electron chi connectivity index (χ2n) is 6.84. The van der Waals surface area contributed by atoms with Crippen molar-refractivity contribution in [3.05, 3.63) is 41.7 Å². The highest BCUT2D eigenvalue weighted by Gasteiger charge is 2.29. The molecule has 2 heterocycles. The van der Waals surface area contributed by atoms with Crippen molar-refractivity contribution in [2.45, 2.75) is 48.1 Å². The average molecular weight is 455 g/mol. The Morgan fingerprint density at radius 1 is 1.17 bits per heavy atom. The molecule has 0 spiro atoms. The van der Waals surface area contributed by atoms with Gasteiger partial charge in [-0.1, -0.05) is 42.6 Å². The fourth-order valence-electron chi connectivity index (χ4n) is 3.18. The van der Waals surface area contributed by atoms with Crippen LogP contribution in [0.2, 0.25) is 5.02 Å². The second-order valence-corrected chi connectivity index (χ2v) is 10.3. The molecule has 0 unspecified atom stereocenters. The molecule has 29 heavy (non-hydrogen) atoms. The third-order valence-electron chi connectivity index (χ3n) is 4.82. The number of amides is 1. The summed E-state index contributed by atoms with van der Waals surface area (Å²) in [4.78, 5) is 20.4. The summed E-state index contributed by atoms with van der Waals surface area (Å²) >= 11 is 6.99. The summed E-state index contributed by atoms with van der Waals surface area (Å²) in [5, 5.41) is 3.73. The van der Waals surface area contributed by atoms with Crippen LogP contribution in [0, 0.1) is 0 Å². The Labute approximate surface area is 180 Å². The summed E-state index contributed by atoms with van der Waals surface area (Å²) in [5.41, 5.74) is 0. The molecule has 1 aliphatic carbocycles. The van der Waals surface area contributed by atoms with Crippen LogP contribution in [0.25, 0.3) is 0 Å². The molecule has 1 aliphatic rings. The lowest BCUT2D eigenvalue weighted by molar-refractivity contribution is -0.113. The van der Waals surface area contributed by atoms with E-state index in [9.17, 15) is 13.2 Å². The molecule has 7 nitrogen and oxygen atoms in total. The highest BCUT2D eigenvalue weighted by molar-refractivity contribution is 7.99. The van der Waals surface area contributed by atoms with Crippen LogP contribution in [0.4, 0.5) is 5.82 Å². The molecule has 0 aromatic carbocycles. The molecule has 0 radical (unpaired) electrons. The first-order valence-electron chi connectivity index (χ1n) is 9.34. The molecular formula is C19H23ClN4O3S2. The van der Waals surface area contributed by atoms with Crippen molar-refractivity contribution in [3.8, 4) is 0 Å². The lowest BCUT2D eigenvalue weighted by Gasteiger charge is -2.30. The molecule has 0 bridgehead atoms. The van der Waals surface area contributed by atoms with Crippen LogP contribution in [-0.4, -0.2) is 47.4 Å². The first kappa shape index (κ1) is 22.0. The number of rotatable bonds is 7. The summed E-state index contributed by atoms with van der Waals surface area (Å²) in [5.74, 6) is 0.311. The Morgan fingerprint density at radius 3 is 2.55 bits per heavy atom. The Hall–Kier alpha value is -1.68. The van der Waals surface area contributed by atoms with Crippen LogP contribution in [0.1, 0.15) is 32.1 Å². The van der Waals surface area contributed by atoms with Crippen LogP contribution in [-0.2, 0) is 14.8 Å². The number of sulfonamides is 1. The van der Waals surface area contributed by atoms with Gasteiger partial charge in [-0.05, 0) is 37.1 Å². The maximum atomic E-state index is 12.8. The SMILES string of the molecule is CN(C1CCCCC1)S(=O)(=O)c1ccc(SCC(=O)Nc2ccc(Cl)cn2)nc1. The quantitative estimate of drug-likeness (QED) is 0.639. The zero-order valence-corrected chi connectivity index (χ0v) is 18.4. The fourth-order valence-corrected chi connectivity index (χ4v) is 5.30. The van der Waals surface area contributed by atoms with E-state index in [-0.39, 0.29) is 22.6 Å². The van der Waals surface area contributed by atoms with Crippen molar-refractivity contribution >= 4 is 45.1 Å². The topological polar surface area (TPSA) is 92.3 Å². The predicted molar refractivity (Wildman–Crippen MR) is 115 cm³/mol. The largest absolute Gasteiger partial charge is 0.310 e. The highest BCUT2D eigenvalue weighted by Crippen LogP contribution is 2.27. The summed E-state index contributed by atoms with van der Waals surface area (Å²) in [6.07, 6.45) is 7.89. The van der Waals surface area contributed by atoms with Crippen molar-refractivity contribution in [1.29, 1.82) is 0 Å². The molecule has 1 N–H and O–H groups in total. The summed E-state index contributed by atoms with van der Waals surface area (Å²) in [6, 6.07) is 6.48. The van der Waals surface area contributed by atoms with Crippen molar-refractivity contribution in [3.63, 3.8) is 0 Å². The van der Waals surface area contributed by atoms with Gasteiger partial charge in [0.25, 0.3) is 0 Å². The van der Waals surface area contributed by atoms with E-state index in [1.54, 1.807) is 31.3 Å². The smallest absolute Gasteiger partial charge is 0.244 e. The number of nitrogens with zero attached hydrogens (tertiary/aromatic N) is 3. The first-order chi connectivity index (χ1) is 13.9. The molecule has 1 fully saturated rings. The minimum absolute atomic E-state index is 0.0491. The van der Waals surface area contributed by atoms with Crippen molar-refractivity contribution in [2.24, 2.45) is 0 Å². The van der Waals surface area contributed by atoms with E-state index in [1.807, 2.05) is 0 Å². The van der Waals surface area contributed by atoms with E-state index in [4.69, 9.17) is 11.6 Å². The molecule has 156 valence electrons. The second kappa shape index (κ2) is 9.88. The molecule has 10 heteroatoms. The summed E-state index contributed by atoms with van der Waals surface area (Å²) in [6.45, 7) is 0. The monoisotopic (exact) mass is 454 g/mol. The molecular weight excluding hydrogens is 432 g/mol. The van der Waals surface area contributed by atoms with Crippen molar-refractivity contribution < 1.29 is 13.2 Å². The number of hydrogen-bond donors (Lipinski definition) is 1. The van der Waals surface area contributed by atoms with E-state index >= 15 is 0 Å². The van der Waals surface area contributed by atoms with E-state index in [0.29, 0.717) is 15.9 Å². The van der Waals surface area contributed by atoms with Crippen molar-refractivity contribution in [1.82, 2.24) is 14.3 Å². The normalized spacial score (nSPS) is 15.4. The Bertz CT molecular complexity index is 931. The molecule has 1 amide bonds. The number of hydrogen-bond acceptors (Lipinski definition) is 6. The van der Waals surface area contributed by atoms with E-state index in [1.165, 1.54) is 34.9 Å². The third kappa shape index (κ3) is 5.91. The van der Waals surface area contributed by atoms with Crippen LogP contribution < -0.4 is 5.32 Å². The van der Waals surface area contributed by atoms with Gasteiger partial charge in [0.15, 0.2) is 0 Å². The minimum atomic E-state index is -3.57. The number of anilines is 1. The number of thioether (sulfide) groups is 1. The number of pyridine rings is 2. The maximum absolute atomic E-state index is 12.8. The van der Waals surface area contributed by atoms with Gasteiger partial charge >= 0.3 is 0 Å². The minimum Gasteiger partial charge on any atom is -0.310 e. The van der Waals surface area contributed by atoms with Gasteiger partial charge in [-0.15, -0.1) is 0 Å². The fraction of sp³-hybridized carbons (Fsp3) is 0.421. The number of carbonyl (C=O) groups is 1. The lowest BCUT2D eigenvalue weighted by Crippen LogP contribution is -2.38. The van der Waals surface area contributed by atoms with Crippen LogP contribution in [0.3, 0.4) is 0 Å². The molecule has 3 rings (SSSR count). The predicted octanol–water partition coefficient (Wildman–Crippen LogP) is 3.81. The van der Waals surface area contributed by atoms with Crippen LogP contribution in [0.15, 0.2) is 46.6 Å². The van der Waals surface area contributed by atoms with Gasteiger partial charge in [-0.2, -0.15) is 4.31 Å². The van der Waals surface area contributed by atoms with Crippen LogP contribution in [0.5, 0.6) is 0 Å². The molecule has 2 aromatic rings. The van der Waals surface area contributed by atoms with Gasteiger partial charge in [-0.25, -0.2) is 18.4 Å². The molecule has 0 saturated heterocycles.